The van der Waals surface area contributed by atoms with Crippen LogP contribution in [0.3, 0.4) is 0 Å². The number of carbonyl (C=O) groups is 1. The third-order valence-corrected chi connectivity index (χ3v) is 2.95. The van der Waals surface area contributed by atoms with E-state index < -0.39 is 28.5 Å². The summed E-state index contributed by atoms with van der Waals surface area (Å²) in [7, 11) is -3.69. The largest absolute Gasteiger partial charge is 0.490 e. The average molecular weight is 236 g/mol. The molecule has 5 nitrogen and oxygen atoms in total. The molecule has 1 heterocycles. The normalized spacial score (nSPS) is 28.5. The van der Waals surface area contributed by atoms with Crippen molar-refractivity contribution in [1.29, 1.82) is 0 Å². The van der Waals surface area contributed by atoms with E-state index in [1.807, 2.05) is 0 Å². The zero-order valence-electron chi connectivity index (χ0n) is 6.65. The lowest BCUT2D eigenvalue weighted by Gasteiger charge is -2.26. The summed E-state index contributed by atoms with van der Waals surface area (Å²) in [4.78, 5) is 10.3. The standard InChI is InChI=1S/C5H7F3O5S/c6-5(7,8)4(9)13-3-1-2-12-14(3,10)11/h3,10-11H,1-2H2. The van der Waals surface area contributed by atoms with Crippen LogP contribution in [0.5, 0.6) is 0 Å². The van der Waals surface area contributed by atoms with E-state index in [0.29, 0.717) is 0 Å². The van der Waals surface area contributed by atoms with E-state index in [9.17, 15) is 18.0 Å². The minimum atomic E-state index is -5.14. The van der Waals surface area contributed by atoms with Gasteiger partial charge in [-0.1, -0.05) is 0 Å². The van der Waals surface area contributed by atoms with Crippen LogP contribution in [0.15, 0.2) is 0 Å². The number of alkyl halides is 3. The Morgan fingerprint density at radius 2 is 2.07 bits per heavy atom. The second kappa shape index (κ2) is 3.57. The summed E-state index contributed by atoms with van der Waals surface area (Å²) in [5, 5.41) is 0. The summed E-state index contributed by atoms with van der Waals surface area (Å²) < 4.78 is 61.1. The zero-order chi connectivity index (χ0) is 11.0. The molecular weight excluding hydrogens is 229 g/mol. The van der Waals surface area contributed by atoms with Crippen LogP contribution in [-0.2, 0) is 13.7 Å². The molecule has 1 unspecified atom stereocenters. The fourth-order valence-electron chi connectivity index (χ4n) is 0.804. The fraction of sp³-hybridized carbons (Fsp3) is 0.800. The van der Waals surface area contributed by atoms with Gasteiger partial charge in [0.1, 0.15) is 10.9 Å². The van der Waals surface area contributed by atoms with Gasteiger partial charge in [0.2, 0.25) is 5.44 Å². The maximum atomic E-state index is 11.7. The van der Waals surface area contributed by atoms with Crippen LogP contribution in [0.1, 0.15) is 6.42 Å². The van der Waals surface area contributed by atoms with Crippen molar-refractivity contribution in [2.45, 2.75) is 18.0 Å². The minimum absolute atomic E-state index is 0.155. The number of rotatable bonds is 1. The smallest absolute Gasteiger partial charge is 0.439 e. The molecule has 0 bridgehead atoms. The first-order chi connectivity index (χ1) is 6.23. The van der Waals surface area contributed by atoms with Gasteiger partial charge in [0.25, 0.3) is 0 Å². The van der Waals surface area contributed by atoms with Crippen LogP contribution >= 0.6 is 10.9 Å². The first-order valence-corrected chi connectivity index (χ1v) is 4.96. The number of ether oxygens (including phenoxy) is 1. The molecule has 2 N–H and O–H groups in total. The van der Waals surface area contributed by atoms with Gasteiger partial charge < -0.3 is 13.8 Å². The van der Waals surface area contributed by atoms with Gasteiger partial charge in [0, 0.05) is 6.42 Å². The third kappa shape index (κ3) is 2.50. The number of carbonyl (C=O) groups excluding carboxylic acids is 1. The van der Waals surface area contributed by atoms with Crippen molar-refractivity contribution in [3.05, 3.63) is 0 Å². The maximum absolute atomic E-state index is 11.7. The number of esters is 1. The summed E-state index contributed by atoms with van der Waals surface area (Å²) in [6.07, 6.45) is -5.30. The highest BCUT2D eigenvalue weighted by molar-refractivity contribution is 8.20. The highest BCUT2D eigenvalue weighted by Crippen LogP contribution is 2.52. The van der Waals surface area contributed by atoms with Gasteiger partial charge in [-0.3, -0.25) is 4.18 Å². The Morgan fingerprint density at radius 1 is 1.50 bits per heavy atom. The molecule has 1 saturated heterocycles. The highest BCUT2D eigenvalue weighted by Gasteiger charge is 2.47. The molecule has 9 heteroatoms. The molecule has 1 aliphatic heterocycles. The van der Waals surface area contributed by atoms with Crippen molar-refractivity contribution in [3.63, 3.8) is 0 Å². The molecule has 84 valence electrons. The molecule has 0 radical (unpaired) electrons. The first kappa shape index (κ1) is 11.6. The molecule has 1 atom stereocenters. The summed E-state index contributed by atoms with van der Waals surface area (Å²) in [6.45, 7) is -0.155. The summed E-state index contributed by atoms with van der Waals surface area (Å²) in [6, 6.07) is 0. The predicted molar refractivity (Wildman–Crippen MR) is 39.4 cm³/mol. The lowest BCUT2D eigenvalue weighted by Crippen LogP contribution is -2.30. The third-order valence-electron chi connectivity index (χ3n) is 1.42. The molecule has 0 aromatic carbocycles. The second-order valence-corrected chi connectivity index (χ2v) is 4.32. The highest BCUT2D eigenvalue weighted by atomic mass is 32.3. The lowest BCUT2D eigenvalue weighted by molar-refractivity contribution is -0.201. The molecule has 1 fully saturated rings. The molecule has 0 amide bonds. The monoisotopic (exact) mass is 236 g/mol. The average Bonchev–Trinajstić information content (AvgIpc) is 2.29. The molecular formula is C5H7F3O5S. The maximum Gasteiger partial charge on any atom is 0.490 e. The van der Waals surface area contributed by atoms with Crippen LogP contribution in [0.4, 0.5) is 13.2 Å². The number of hydrogen-bond donors (Lipinski definition) is 2. The van der Waals surface area contributed by atoms with Gasteiger partial charge in [-0.15, -0.1) is 0 Å². The fourth-order valence-corrected chi connectivity index (χ4v) is 1.91. The van der Waals surface area contributed by atoms with E-state index in [1.165, 1.54) is 0 Å². The lowest BCUT2D eigenvalue weighted by atomic mass is 10.5. The Kier molecular flexibility index (Phi) is 2.95. The Balaban J connectivity index is 2.57. The molecule has 1 aliphatic rings. The van der Waals surface area contributed by atoms with Crippen LogP contribution in [0.25, 0.3) is 0 Å². The SMILES string of the molecule is O=C(OC1CCOS1(O)O)C(F)(F)F. The van der Waals surface area contributed by atoms with E-state index in [4.69, 9.17) is 9.11 Å². The number of hydrogen-bond acceptors (Lipinski definition) is 5. The van der Waals surface area contributed by atoms with Gasteiger partial charge in [-0.25, -0.2) is 4.79 Å². The quantitative estimate of drug-likeness (QED) is 0.675. The van der Waals surface area contributed by atoms with Gasteiger partial charge in [-0.2, -0.15) is 13.2 Å². The van der Waals surface area contributed by atoms with Crippen molar-refractivity contribution >= 4 is 16.8 Å². The van der Waals surface area contributed by atoms with Crippen LogP contribution in [0, 0.1) is 0 Å². The molecule has 0 aromatic rings. The van der Waals surface area contributed by atoms with Crippen molar-refractivity contribution in [2.75, 3.05) is 6.61 Å². The minimum Gasteiger partial charge on any atom is -0.439 e. The van der Waals surface area contributed by atoms with Gasteiger partial charge in [0.15, 0.2) is 0 Å². The summed E-state index contributed by atoms with van der Waals surface area (Å²) in [5.41, 5.74) is -1.63. The van der Waals surface area contributed by atoms with E-state index in [2.05, 4.69) is 8.92 Å². The summed E-state index contributed by atoms with van der Waals surface area (Å²) >= 11 is 0. The Morgan fingerprint density at radius 3 is 2.43 bits per heavy atom. The van der Waals surface area contributed by atoms with Crippen molar-refractivity contribution < 1.29 is 36.0 Å². The zero-order valence-corrected chi connectivity index (χ0v) is 7.47. The predicted octanol–water partition coefficient (Wildman–Crippen LogP) is 1.50. The van der Waals surface area contributed by atoms with E-state index in [-0.39, 0.29) is 13.0 Å². The summed E-state index contributed by atoms with van der Waals surface area (Å²) in [5.74, 6) is -2.45. The van der Waals surface area contributed by atoms with Gasteiger partial charge in [-0.05, 0) is 0 Å². The Bertz CT molecular complexity index is 240. The number of halogens is 3. The first-order valence-electron chi connectivity index (χ1n) is 3.43. The molecule has 14 heavy (non-hydrogen) atoms. The van der Waals surface area contributed by atoms with Crippen LogP contribution in [0.2, 0.25) is 0 Å². The molecule has 0 spiro atoms. The van der Waals surface area contributed by atoms with Crippen LogP contribution < -0.4 is 0 Å². The Labute approximate surface area is 78.4 Å². The van der Waals surface area contributed by atoms with Crippen molar-refractivity contribution in [2.24, 2.45) is 0 Å². The van der Waals surface area contributed by atoms with Crippen molar-refractivity contribution in [1.82, 2.24) is 0 Å². The Hall–Kier alpha value is -0.510. The van der Waals surface area contributed by atoms with Gasteiger partial charge >= 0.3 is 12.1 Å². The molecule has 0 saturated carbocycles. The van der Waals surface area contributed by atoms with E-state index in [1.54, 1.807) is 0 Å². The topological polar surface area (TPSA) is 76.0 Å². The second-order valence-electron chi connectivity index (χ2n) is 2.48. The van der Waals surface area contributed by atoms with Gasteiger partial charge in [0.05, 0.1) is 6.61 Å². The molecule has 1 rings (SSSR count). The molecule has 0 aliphatic carbocycles. The molecule has 0 aromatic heterocycles. The van der Waals surface area contributed by atoms with Crippen molar-refractivity contribution in [3.8, 4) is 0 Å². The van der Waals surface area contributed by atoms with E-state index >= 15 is 0 Å². The van der Waals surface area contributed by atoms with E-state index in [0.717, 1.165) is 0 Å². The van der Waals surface area contributed by atoms with Crippen LogP contribution in [-0.4, -0.2) is 33.3 Å².